The third-order valence-corrected chi connectivity index (χ3v) is 11.3. The van der Waals surface area contributed by atoms with Crippen molar-refractivity contribution in [2.75, 3.05) is 25.8 Å². The van der Waals surface area contributed by atoms with Crippen LogP contribution in [-0.4, -0.2) is 48.5 Å². The molecule has 5 aromatic carbocycles. The maximum Gasteiger partial charge on any atom is 0.278 e. The Labute approximate surface area is 353 Å². The molecule has 1 aromatic heterocycles. The first kappa shape index (κ1) is 41.1. The number of carbonyl (C=O) groups is 1. The fourth-order valence-corrected chi connectivity index (χ4v) is 7.91. The zero-order valence-electron chi connectivity index (χ0n) is 34.0. The molecular formula is C49H47F2N3O7. The first-order chi connectivity index (χ1) is 29.8. The number of amides is 1. The number of aromatic nitrogens is 1. The maximum atomic E-state index is 15.8. The molecule has 10 nitrogen and oxygen atoms in total. The van der Waals surface area contributed by atoms with Gasteiger partial charge >= 0.3 is 0 Å². The Kier molecular flexibility index (Phi) is 12.6. The van der Waals surface area contributed by atoms with Gasteiger partial charge in [0.05, 0.1) is 27.4 Å². The normalized spacial score (nSPS) is 15.5. The average molecular weight is 828 g/mol. The van der Waals surface area contributed by atoms with Crippen LogP contribution in [0.25, 0.3) is 0 Å². The molecule has 2 heterocycles. The minimum absolute atomic E-state index is 0.0370. The van der Waals surface area contributed by atoms with Gasteiger partial charge in [-0.3, -0.25) is 19.3 Å². The summed E-state index contributed by atoms with van der Waals surface area (Å²) in [5.74, 6) is -1.11. The Morgan fingerprint density at radius 3 is 1.90 bits per heavy atom. The summed E-state index contributed by atoms with van der Waals surface area (Å²) in [4.78, 5) is 30.8. The van der Waals surface area contributed by atoms with Crippen molar-refractivity contribution in [2.45, 2.75) is 63.8 Å². The molecular weight excluding hydrogens is 781 g/mol. The van der Waals surface area contributed by atoms with E-state index in [1.54, 1.807) is 37.2 Å². The second kappa shape index (κ2) is 18.7. The Morgan fingerprint density at radius 2 is 1.28 bits per heavy atom. The van der Waals surface area contributed by atoms with Gasteiger partial charge in [0, 0.05) is 36.4 Å². The van der Waals surface area contributed by atoms with Crippen LogP contribution in [0, 0.1) is 11.6 Å². The van der Waals surface area contributed by atoms with Crippen LogP contribution in [0.1, 0.15) is 70.0 Å². The van der Waals surface area contributed by atoms with Crippen molar-refractivity contribution in [3.05, 3.63) is 189 Å². The number of methoxy groups -OCH3 is 2. The summed E-state index contributed by atoms with van der Waals surface area (Å²) in [6.07, 6.45) is 3.59. The quantitative estimate of drug-likeness (QED) is 0.0843. The number of fused-ring (bicyclic) bond motifs is 1. The molecule has 314 valence electrons. The van der Waals surface area contributed by atoms with Crippen molar-refractivity contribution < 1.29 is 37.3 Å². The van der Waals surface area contributed by atoms with Gasteiger partial charge in [-0.15, -0.1) is 0 Å². The van der Waals surface area contributed by atoms with Crippen molar-refractivity contribution in [3.63, 3.8) is 0 Å². The minimum Gasteiger partial charge on any atom is -0.497 e. The highest BCUT2D eigenvalue weighted by molar-refractivity contribution is 5.97. The van der Waals surface area contributed by atoms with Crippen molar-refractivity contribution in [1.29, 1.82) is 0 Å². The van der Waals surface area contributed by atoms with Crippen molar-refractivity contribution in [3.8, 4) is 23.0 Å². The van der Waals surface area contributed by atoms with Gasteiger partial charge in [-0.25, -0.2) is 8.78 Å². The van der Waals surface area contributed by atoms with E-state index in [2.05, 4.69) is 0 Å². The third-order valence-electron chi connectivity index (χ3n) is 11.3. The van der Waals surface area contributed by atoms with Crippen molar-refractivity contribution >= 4 is 5.91 Å². The molecule has 1 fully saturated rings. The lowest BCUT2D eigenvalue weighted by atomic mass is 9.89. The largest absolute Gasteiger partial charge is 0.497 e. The molecule has 6 aromatic rings. The first-order valence-corrected chi connectivity index (χ1v) is 20.4. The topological polar surface area (TPSA) is 91.7 Å². The highest BCUT2D eigenvalue weighted by atomic mass is 19.2. The summed E-state index contributed by atoms with van der Waals surface area (Å²) in [5.41, 5.74) is 3.12. The number of hydrogen-bond acceptors (Lipinski definition) is 8. The van der Waals surface area contributed by atoms with Crippen LogP contribution in [0.4, 0.5) is 8.78 Å². The molecule has 61 heavy (non-hydrogen) atoms. The number of nitrogens with zero attached hydrogens (tertiary/aromatic N) is 3. The van der Waals surface area contributed by atoms with Crippen LogP contribution < -0.4 is 29.4 Å². The van der Waals surface area contributed by atoms with Crippen LogP contribution >= 0.6 is 0 Å². The summed E-state index contributed by atoms with van der Waals surface area (Å²) in [7, 11) is 3.19. The lowest BCUT2D eigenvalue weighted by Gasteiger charge is -2.54. The van der Waals surface area contributed by atoms with Gasteiger partial charge in [-0.2, -0.15) is 0 Å². The monoisotopic (exact) mass is 827 g/mol. The molecule has 2 atom stereocenters. The summed E-state index contributed by atoms with van der Waals surface area (Å²) >= 11 is 0. The molecule has 2 aliphatic rings. The number of carbonyl (C=O) groups excluding carboxylic acids is 1. The van der Waals surface area contributed by atoms with E-state index in [0.717, 1.165) is 53.8 Å². The van der Waals surface area contributed by atoms with E-state index in [0.29, 0.717) is 29.9 Å². The molecule has 2 unspecified atom stereocenters. The number of hydrogen-bond donors (Lipinski definition) is 0. The number of pyridine rings is 1. The molecule has 1 amide bonds. The molecule has 0 saturated heterocycles. The standard InChI is InChI=1S/C49H47F2N3O7/c1-57-38-20-16-34(17-21-38)30-59-27-25-45-53(37-14-9-15-37)49(56)47-48(61-32-33-10-5-3-6-11-33)43(55)24-26-52(47)54(45)46(36-12-7-4-8-13-36)40-28-41(50)42(51)29-44(40)60-31-35-18-22-39(58-2)23-19-35/h3-8,10-13,16-24,26,28-29,37,45-46H,9,14-15,25,27,30-32H2,1-2H3. The van der Waals surface area contributed by atoms with Crippen molar-refractivity contribution in [1.82, 2.24) is 9.58 Å². The van der Waals surface area contributed by atoms with E-state index in [-0.39, 0.29) is 49.0 Å². The van der Waals surface area contributed by atoms with Gasteiger partial charge in [0.1, 0.15) is 42.7 Å². The number of rotatable bonds is 17. The molecule has 1 aliphatic carbocycles. The smallest absolute Gasteiger partial charge is 0.278 e. The molecule has 1 aliphatic heterocycles. The Balaban J connectivity index is 1.27. The molecule has 1 saturated carbocycles. The SMILES string of the molecule is COc1ccc(COCCC2N(C3CCC3)C(=O)c3c(OCc4ccccc4)c(=O)ccn3N2C(c2ccccc2)c2cc(F)c(F)cc2OCc2ccc(OC)cc2)cc1. The number of halogens is 2. The summed E-state index contributed by atoms with van der Waals surface area (Å²) in [6.45, 7) is 0.626. The van der Waals surface area contributed by atoms with Crippen LogP contribution in [0.3, 0.4) is 0 Å². The van der Waals surface area contributed by atoms with Crippen molar-refractivity contribution in [2.24, 2.45) is 0 Å². The fraction of sp³-hybridized carbons (Fsp3) is 0.265. The van der Waals surface area contributed by atoms with E-state index in [4.69, 9.17) is 23.7 Å². The molecule has 12 heteroatoms. The van der Waals surface area contributed by atoms with Crippen LogP contribution in [0.15, 0.2) is 138 Å². The van der Waals surface area contributed by atoms with Gasteiger partial charge in [0.25, 0.3) is 5.91 Å². The predicted octanol–water partition coefficient (Wildman–Crippen LogP) is 8.97. The lowest BCUT2D eigenvalue weighted by molar-refractivity contribution is 0.0150. The second-order valence-electron chi connectivity index (χ2n) is 15.1. The van der Waals surface area contributed by atoms with Crippen LogP contribution in [0.5, 0.6) is 23.0 Å². The molecule has 0 N–H and O–H groups in total. The summed E-state index contributed by atoms with van der Waals surface area (Å²) < 4.78 is 62.4. The van der Waals surface area contributed by atoms with E-state index in [1.165, 1.54) is 6.07 Å². The second-order valence-corrected chi connectivity index (χ2v) is 15.1. The minimum atomic E-state index is -1.07. The Morgan fingerprint density at radius 1 is 0.689 bits per heavy atom. The third kappa shape index (κ3) is 8.95. The van der Waals surface area contributed by atoms with E-state index in [9.17, 15) is 4.79 Å². The van der Waals surface area contributed by atoms with E-state index >= 15 is 13.6 Å². The Hall–Kier alpha value is -6.66. The van der Waals surface area contributed by atoms with E-state index in [1.807, 2.05) is 107 Å². The summed E-state index contributed by atoms with van der Waals surface area (Å²) in [5, 5.41) is 1.96. The predicted molar refractivity (Wildman–Crippen MR) is 227 cm³/mol. The molecule has 8 rings (SSSR count). The van der Waals surface area contributed by atoms with Gasteiger partial charge in [0.15, 0.2) is 23.1 Å². The zero-order valence-corrected chi connectivity index (χ0v) is 34.0. The Bertz CT molecular complexity index is 2480. The summed E-state index contributed by atoms with van der Waals surface area (Å²) in [6, 6.07) is 36.2. The molecule has 0 bridgehead atoms. The van der Waals surface area contributed by atoms with E-state index < -0.39 is 29.3 Å². The van der Waals surface area contributed by atoms with Crippen LogP contribution in [-0.2, 0) is 24.6 Å². The highest BCUT2D eigenvalue weighted by Crippen LogP contribution is 2.43. The lowest BCUT2D eigenvalue weighted by Crippen LogP contribution is -2.66. The average Bonchev–Trinajstić information content (AvgIpc) is 3.27. The zero-order chi connectivity index (χ0) is 42.3. The van der Waals surface area contributed by atoms with Gasteiger partial charge in [-0.1, -0.05) is 84.9 Å². The van der Waals surface area contributed by atoms with Gasteiger partial charge in [-0.05, 0) is 71.8 Å². The first-order valence-electron chi connectivity index (χ1n) is 20.4. The molecule has 0 spiro atoms. The number of benzene rings is 5. The highest BCUT2D eigenvalue weighted by Gasteiger charge is 2.47. The van der Waals surface area contributed by atoms with Crippen LogP contribution in [0.2, 0.25) is 0 Å². The number of ether oxygens (including phenoxy) is 5. The molecule has 0 radical (unpaired) electrons. The van der Waals surface area contributed by atoms with Gasteiger partial charge in [0.2, 0.25) is 5.43 Å². The van der Waals surface area contributed by atoms with Gasteiger partial charge < -0.3 is 28.6 Å². The maximum absolute atomic E-state index is 15.8. The fourth-order valence-electron chi connectivity index (χ4n) is 7.91.